The molecule has 2 aromatic rings. The van der Waals surface area contributed by atoms with Crippen molar-refractivity contribution in [3.8, 4) is 11.8 Å². The first-order valence-corrected chi connectivity index (χ1v) is 9.41. The third-order valence-corrected chi connectivity index (χ3v) is 4.79. The number of benzene rings is 2. The zero-order valence-corrected chi connectivity index (χ0v) is 15.8. The molecule has 4 nitrogen and oxygen atoms in total. The molecule has 0 aromatic heterocycles. The van der Waals surface area contributed by atoms with Crippen molar-refractivity contribution in [3.05, 3.63) is 64.7 Å². The van der Waals surface area contributed by atoms with E-state index in [0.29, 0.717) is 11.4 Å². The molecule has 5 heteroatoms. The van der Waals surface area contributed by atoms with Crippen LogP contribution in [0.25, 0.3) is 0 Å². The summed E-state index contributed by atoms with van der Waals surface area (Å²) in [6, 6.07) is 14.9. The molecule has 0 unspecified atom stereocenters. The quantitative estimate of drug-likeness (QED) is 0.824. The number of amides is 2. The Morgan fingerprint density at radius 2 is 1.89 bits per heavy atom. The third kappa shape index (κ3) is 5.35. The van der Waals surface area contributed by atoms with Gasteiger partial charge in [-0.05, 0) is 48.7 Å². The number of carbonyl (C=O) groups is 2. The van der Waals surface area contributed by atoms with Gasteiger partial charge >= 0.3 is 0 Å². The van der Waals surface area contributed by atoms with E-state index in [1.165, 1.54) is 0 Å². The number of piperidine rings is 1. The minimum absolute atomic E-state index is 0.114. The Bertz CT molecular complexity index is 881. The summed E-state index contributed by atoms with van der Waals surface area (Å²) in [5.74, 6) is 6.03. The summed E-state index contributed by atoms with van der Waals surface area (Å²) in [6.45, 7) is 1.05. The Kier molecular flexibility index (Phi) is 6.51. The SMILES string of the molecule is O=C(Cc1ccccc1Cl)NCC#Cc1ccc(N2CCCCC2=O)cc1. The van der Waals surface area contributed by atoms with Gasteiger partial charge in [-0.2, -0.15) is 0 Å². The first-order chi connectivity index (χ1) is 13.1. The zero-order chi connectivity index (χ0) is 19.1. The lowest BCUT2D eigenvalue weighted by molar-refractivity contribution is -0.120. The van der Waals surface area contributed by atoms with Gasteiger partial charge in [0, 0.05) is 29.2 Å². The maximum absolute atomic E-state index is 12.0. The number of anilines is 1. The fourth-order valence-electron chi connectivity index (χ4n) is 2.97. The van der Waals surface area contributed by atoms with E-state index in [0.717, 1.165) is 36.2 Å². The molecule has 1 aliphatic rings. The molecule has 0 spiro atoms. The molecular weight excluding hydrogens is 360 g/mol. The van der Waals surface area contributed by atoms with E-state index in [1.54, 1.807) is 6.07 Å². The van der Waals surface area contributed by atoms with E-state index < -0.39 is 0 Å². The molecule has 27 heavy (non-hydrogen) atoms. The minimum Gasteiger partial charge on any atom is -0.345 e. The predicted octanol–water partition coefficient (Wildman–Crippen LogP) is 3.57. The number of nitrogens with zero attached hydrogens (tertiary/aromatic N) is 1. The molecule has 0 atom stereocenters. The normalized spacial score (nSPS) is 13.7. The Hall–Kier alpha value is -2.77. The van der Waals surface area contributed by atoms with E-state index in [4.69, 9.17) is 11.6 Å². The standard InChI is InChI=1S/C22H21ClN2O2/c23-20-8-2-1-7-18(20)16-21(26)24-14-5-6-17-10-12-19(13-11-17)25-15-4-3-9-22(25)27/h1-2,7-8,10-13H,3-4,9,14-16H2,(H,24,26). The summed E-state index contributed by atoms with van der Waals surface area (Å²) >= 11 is 6.06. The summed E-state index contributed by atoms with van der Waals surface area (Å²) in [6.07, 6.45) is 2.87. The lowest BCUT2D eigenvalue weighted by Gasteiger charge is -2.26. The van der Waals surface area contributed by atoms with Crippen LogP contribution < -0.4 is 10.2 Å². The Labute approximate surface area is 164 Å². The maximum Gasteiger partial charge on any atom is 0.226 e. The highest BCUT2D eigenvalue weighted by atomic mass is 35.5. The van der Waals surface area contributed by atoms with Crippen molar-refractivity contribution in [1.82, 2.24) is 5.32 Å². The van der Waals surface area contributed by atoms with E-state index >= 15 is 0 Å². The smallest absolute Gasteiger partial charge is 0.226 e. The first-order valence-electron chi connectivity index (χ1n) is 9.03. The fourth-order valence-corrected chi connectivity index (χ4v) is 3.17. The monoisotopic (exact) mass is 380 g/mol. The van der Waals surface area contributed by atoms with Gasteiger partial charge in [0.2, 0.25) is 11.8 Å². The van der Waals surface area contributed by atoms with Gasteiger partial charge in [-0.15, -0.1) is 0 Å². The second-order valence-electron chi connectivity index (χ2n) is 6.40. The highest BCUT2D eigenvalue weighted by Gasteiger charge is 2.19. The summed E-state index contributed by atoms with van der Waals surface area (Å²) in [7, 11) is 0. The average Bonchev–Trinajstić information content (AvgIpc) is 2.68. The number of halogens is 1. The van der Waals surface area contributed by atoms with Crippen molar-refractivity contribution in [2.24, 2.45) is 0 Å². The Morgan fingerprint density at radius 1 is 1.11 bits per heavy atom. The van der Waals surface area contributed by atoms with Gasteiger partial charge in [-0.1, -0.05) is 41.6 Å². The highest BCUT2D eigenvalue weighted by Crippen LogP contribution is 2.21. The lowest BCUT2D eigenvalue weighted by Crippen LogP contribution is -2.35. The van der Waals surface area contributed by atoms with Gasteiger partial charge in [0.1, 0.15) is 0 Å². The van der Waals surface area contributed by atoms with Crippen molar-refractivity contribution < 1.29 is 9.59 Å². The average molecular weight is 381 g/mol. The Balaban J connectivity index is 1.50. The van der Waals surface area contributed by atoms with Crippen LogP contribution in [0.2, 0.25) is 5.02 Å². The molecular formula is C22H21ClN2O2. The van der Waals surface area contributed by atoms with Crippen LogP contribution in [0.1, 0.15) is 30.4 Å². The van der Waals surface area contributed by atoms with Crippen molar-refractivity contribution in [2.75, 3.05) is 18.0 Å². The van der Waals surface area contributed by atoms with Gasteiger partial charge in [-0.25, -0.2) is 0 Å². The van der Waals surface area contributed by atoms with Crippen LogP contribution in [0.4, 0.5) is 5.69 Å². The molecule has 0 saturated carbocycles. The van der Waals surface area contributed by atoms with Crippen LogP contribution in [0.5, 0.6) is 0 Å². The van der Waals surface area contributed by atoms with Crippen molar-refractivity contribution in [3.63, 3.8) is 0 Å². The number of hydrogen-bond acceptors (Lipinski definition) is 2. The van der Waals surface area contributed by atoms with Crippen LogP contribution in [-0.4, -0.2) is 24.9 Å². The van der Waals surface area contributed by atoms with Gasteiger partial charge in [0.15, 0.2) is 0 Å². The molecule has 1 aliphatic heterocycles. The Morgan fingerprint density at radius 3 is 2.63 bits per heavy atom. The van der Waals surface area contributed by atoms with Gasteiger partial charge in [0.25, 0.3) is 0 Å². The molecule has 3 rings (SSSR count). The second kappa shape index (κ2) is 9.25. The summed E-state index contributed by atoms with van der Waals surface area (Å²) < 4.78 is 0. The molecule has 0 radical (unpaired) electrons. The number of rotatable bonds is 4. The van der Waals surface area contributed by atoms with E-state index in [-0.39, 0.29) is 24.8 Å². The highest BCUT2D eigenvalue weighted by molar-refractivity contribution is 6.31. The van der Waals surface area contributed by atoms with E-state index in [1.807, 2.05) is 47.4 Å². The van der Waals surface area contributed by atoms with Crippen molar-refractivity contribution in [2.45, 2.75) is 25.7 Å². The van der Waals surface area contributed by atoms with Crippen LogP contribution in [0, 0.1) is 11.8 Å². The van der Waals surface area contributed by atoms with Crippen molar-refractivity contribution >= 4 is 29.1 Å². The number of nitrogens with one attached hydrogen (secondary N) is 1. The van der Waals surface area contributed by atoms with Crippen LogP contribution >= 0.6 is 11.6 Å². The van der Waals surface area contributed by atoms with E-state index in [2.05, 4.69) is 17.2 Å². The van der Waals surface area contributed by atoms with E-state index in [9.17, 15) is 9.59 Å². The second-order valence-corrected chi connectivity index (χ2v) is 6.80. The summed E-state index contributed by atoms with van der Waals surface area (Å²) in [5, 5.41) is 3.36. The number of hydrogen-bond donors (Lipinski definition) is 1. The topological polar surface area (TPSA) is 49.4 Å². The molecule has 0 bridgehead atoms. The lowest BCUT2D eigenvalue weighted by atomic mass is 10.1. The third-order valence-electron chi connectivity index (χ3n) is 4.42. The van der Waals surface area contributed by atoms with Gasteiger partial charge < -0.3 is 10.2 Å². The molecule has 1 N–H and O–H groups in total. The molecule has 1 saturated heterocycles. The summed E-state index contributed by atoms with van der Waals surface area (Å²) in [5.41, 5.74) is 2.56. The number of carbonyl (C=O) groups excluding carboxylic acids is 2. The minimum atomic E-state index is -0.114. The fraction of sp³-hybridized carbons (Fsp3) is 0.273. The van der Waals surface area contributed by atoms with Crippen LogP contribution in [0.15, 0.2) is 48.5 Å². The molecule has 138 valence electrons. The molecule has 2 aromatic carbocycles. The van der Waals surface area contributed by atoms with Gasteiger partial charge in [0.05, 0.1) is 13.0 Å². The van der Waals surface area contributed by atoms with Crippen LogP contribution in [-0.2, 0) is 16.0 Å². The molecule has 1 fully saturated rings. The van der Waals surface area contributed by atoms with Crippen LogP contribution in [0.3, 0.4) is 0 Å². The van der Waals surface area contributed by atoms with Gasteiger partial charge in [-0.3, -0.25) is 9.59 Å². The maximum atomic E-state index is 12.0. The molecule has 2 amide bonds. The molecule has 1 heterocycles. The molecule has 0 aliphatic carbocycles. The summed E-state index contributed by atoms with van der Waals surface area (Å²) in [4.78, 5) is 25.7. The first kappa shape index (κ1) is 19.0. The zero-order valence-electron chi connectivity index (χ0n) is 15.0. The largest absolute Gasteiger partial charge is 0.345 e. The predicted molar refractivity (Wildman–Crippen MR) is 108 cm³/mol. The van der Waals surface area contributed by atoms with Crippen molar-refractivity contribution in [1.29, 1.82) is 0 Å².